The van der Waals surface area contributed by atoms with Crippen LogP contribution >= 0.6 is 0 Å². The summed E-state index contributed by atoms with van der Waals surface area (Å²) in [5.74, 6) is -0.851. The first-order chi connectivity index (χ1) is 8.99. The summed E-state index contributed by atoms with van der Waals surface area (Å²) in [6.07, 6.45) is 0.866. The highest BCUT2D eigenvalue weighted by Crippen LogP contribution is 2.10. The average molecular weight is 273 g/mol. The highest BCUT2D eigenvalue weighted by atomic mass is 16.5. The fourth-order valence-corrected chi connectivity index (χ4v) is 1.96. The Balaban J connectivity index is 2.25. The fraction of sp³-hybridized carbons (Fsp3) is 0.846. The largest absolute Gasteiger partial charge is 0.481 e. The first kappa shape index (κ1) is 15.9. The van der Waals surface area contributed by atoms with Gasteiger partial charge >= 0.3 is 5.97 Å². The maximum Gasteiger partial charge on any atom is 0.306 e. The van der Waals surface area contributed by atoms with Crippen LogP contribution in [-0.2, 0) is 19.1 Å². The molecule has 1 heterocycles. The second kappa shape index (κ2) is 8.12. The third kappa shape index (κ3) is 6.54. The normalized spacial score (nSPS) is 19.7. The van der Waals surface area contributed by atoms with Gasteiger partial charge < -0.3 is 19.5 Å². The zero-order valence-corrected chi connectivity index (χ0v) is 11.6. The highest BCUT2D eigenvalue weighted by molar-refractivity contribution is 5.76. The van der Waals surface area contributed by atoms with Crippen molar-refractivity contribution in [2.75, 3.05) is 26.3 Å². The first-order valence-corrected chi connectivity index (χ1v) is 6.71. The number of rotatable bonds is 7. The predicted molar refractivity (Wildman–Crippen MR) is 68.9 cm³/mol. The van der Waals surface area contributed by atoms with Gasteiger partial charge in [0.15, 0.2) is 0 Å². The van der Waals surface area contributed by atoms with E-state index in [0.717, 1.165) is 0 Å². The summed E-state index contributed by atoms with van der Waals surface area (Å²) in [6, 6.07) is 0. The van der Waals surface area contributed by atoms with Crippen LogP contribution in [0.4, 0.5) is 0 Å². The molecule has 0 aromatic heterocycles. The van der Waals surface area contributed by atoms with Crippen molar-refractivity contribution in [3.8, 4) is 0 Å². The van der Waals surface area contributed by atoms with Gasteiger partial charge in [0.1, 0.15) is 0 Å². The van der Waals surface area contributed by atoms with Gasteiger partial charge in [-0.15, -0.1) is 0 Å². The molecule has 0 aliphatic carbocycles. The quantitative estimate of drug-likeness (QED) is 0.697. The minimum absolute atomic E-state index is 0.0473. The molecule has 0 saturated carbocycles. The van der Waals surface area contributed by atoms with E-state index in [1.807, 2.05) is 13.8 Å². The van der Waals surface area contributed by atoms with Gasteiger partial charge in [-0.25, -0.2) is 0 Å². The van der Waals surface area contributed by atoms with Gasteiger partial charge in [-0.05, 0) is 20.3 Å². The first-order valence-electron chi connectivity index (χ1n) is 6.71. The molecule has 0 bridgehead atoms. The summed E-state index contributed by atoms with van der Waals surface area (Å²) < 4.78 is 10.7. The van der Waals surface area contributed by atoms with Gasteiger partial charge in [-0.1, -0.05) is 0 Å². The van der Waals surface area contributed by atoms with Gasteiger partial charge in [-0.3, -0.25) is 9.59 Å². The van der Waals surface area contributed by atoms with Crippen molar-refractivity contribution in [2.24, 2.45) is 0 Å². The number of ether oxygens (including phenoxy) is 2. The molecule has 1 aliphatic heterocycles. The van der Waals surface area contributed by atoms with Crippen molar-refractivity contribution in [1.29, 1.82) is 0 Å². The third-order valence-corrected chi connectivity index (χ3v) is 2.88. The summed E-state index contributed by atoms with van der Waals surface area (Å²) >= 11 is 0. The minimum atomic E-state index is -0.898. The molecule has 6 heteroatoms. The van der Waals surface area contributed by atoms with Crippen LogP contribution in [0.2, 0.25) is 0 Å². The molecule has 1 rings (SSSR count). The van der Waals surface area contributed by atoms with Crippen molar-refractivity contribution in [3.05, 3.63) is 0 Å². The summed E-state index contributed by atoms with van der Waals surface area (Å²) in [5, 5.41) is 8.72. The Hall–Kier alpha value is -1.14. The molecule has 6 nitrogen and oxygen atoms in total. The molecule has 1 unspecified atom stereocenters. The van der Waals surface area contributed by atoms with Crippen LogP contribution in [-0.4, -0.2) is 60.4 Å². The van der Waals surface area contributed by atoms with Crippen LogP contribution in [0.15, 0.2) is 0 Å². The second-order valence-electron chi connectivity index (χ2n) is 4.95. The Morgan fingerprint density at radius 3 is 2.84 bits per heavy atom. The van der Waals surface area contributed by atoms with Crippen LogP contribution in [0.1, 0.15) is 33.1 Å². The van der Waals surface area contributed by atoms with E-state index in [-0.39, 0.29) is 24.5 Å². The van der Waals surface area contributed by atoms with Crippen molar-refractivity contribution >= 4 is 11.9 Å². The molecule has 1 fully saturated rings. The van der Waals surface area contributed by atoms with Crippen molar-refractivity contribution < 1.29 is 24.2 Å². The SMILES string of the molecule is CC(C)OCCCC(=O)N1CCOC(CC(=O)O)C1. The van der Waals surface area contributed by atoms with E-state index in [1.165, 1.54) is 0 Å². The fourth-order valence-electron chi connectivity index (χ4n) is 1.96. The Kier molecular flexibility index (Phi) is 6.80. The molecule has 0 aromatic rings. The van der Waals surface area contributed by atoms with Crippen molar-refractivity contribution in [1.82, 2.24) is 4.90 Å². The number of carboxylic acid groups (broad SMARTS) is 1. The molecule has 1 aliphatic rings. The average Bonchev–Trinajstić information content (AvgIpc) is 2.33. The molecule has 1 atom stereocenters. The minimum Gasteiger partial charge on any atom is -0.481 e. The Bertz CT molecular complexity index is 305. The van der Waals surface area contributed by atoms with E-state index >= 15 is 0 Å². The molecule has 19 heavy (non-hydrogen) atoms. The number of carbonyl (C=O) groups is 2. The van der Waals surface area contributed by atoms with E-state index in [1.54, 1.807) is 4.90 Å². The zero-order chi connectivity index (χ0) is 14.3. The Morgan fingerprint density at radius 2 is 2.21 bits per heavy atom. The van der Waals surface area contributed by atoms with Crippen LogP contribution in [0.3, 0.4) is 0 Å². The molecule has 1 amide bonds. The van der Waals surface area contributed by atoms with E-state index in [4.69, 9.17) is 14.6 Å². The van der Waals surface area contributed by atoms with Crippen LogP contribution in [0.5, 0.6) is 0 Å². The number of aliphatic carboxylic acids is 1. The molecule has 1 N–H and O–H groups in total. The zero-order valence-electron chi connectivity index (χ0n) is 11.6. The molecule has 0 radical (unpaired) electrons. The number of carbonyl (C=O) groups excluding carboxylic acids is 1. The summed E-state index contributed by atoms with van der Waals surface area (Å²) in [5.41, 5.74) is 0. The molecule has 0 spiro atoms. The van der Waals surface area contributed by atoms with Gasteiger partial charge in [0.05, 0.1) is 25.2 Å². The molecule has 1 saturated heterocycles. The van der Waals surface area contributed by atoms with E-state index in [9.17, 15) is 9.59 Å². The molecular formula is C13H23NO5. The Morgan fingerprint density at radius 1 is 1.47 bits per heavy atom. The third-order valence-electron chi connectivity index (χ3n) is 2.88. The monoisotopic (exact) mass is 273 g/mol. The number of hydrogen-bond acceptors (Lipinski definition) is 4. The van der Waals surface area contributed by atoms with Gasteiger partial charge in [0.25, 0.3) is 0 Å². The topological polar surface area (TPSA) is 76.1 Å². The lowest BCUT2D eigenvalue weighted by atomic mass is 10.2. The smallest absolute Gasteiger partial charge is 0.306 e. The molecule has 0 aromatic carbocycles. The summed E-state index contributed by atoms with van der Waals surface area (Å²) in [4.78, 5) is 24.2. The maximum atomic E-state index is 11.9. The number of hydrogen-bond donors (Lipinski definition) is 1. The van der Waals surface area contributed by atoms with Gasteiger partial charge in [0.2, 0.25) is 5.91 Å². The van der Waals surface area contributed by atoms with Gasteiger partial charge in [-0.2, -0.15) is 0 Å². The van der Waals surface area contributed by atoms with Crippen LogP contribution < -0.4 is 0 Å². The van der Waals surface area contributed by atoms with Crippen LogP contribution in [0, 0.1) is 0 Å². The number of morpholine rings is 1. The van der Waals surface area contributed by atoms with Gasteiger partial charge in [0, 0.05) is 26.1 Å². The van der Waals surface area contributed by atoms with E-state index < -0.39 is 5.97 Å². The van der Waals surface area contributed by atoms with E-state index in [0.29, 0.717) is 39.1 Å². The second-order valence-corrected chi connectivity index (χ2v) is 4.95. The standard InChI is InChI=1S/C13H23NO5/c1-10(2)18-6-3-4-12(15)14-5-7-19-11(9-14)8-13(16)17/h10-11H,3-9H2,1-2H3,(H,16,17). The molecular weight excluding hydrogens is 250 g/mol. The maximum absolute atomic E-state index is 11.9. The summed E-state index contributed by atoms with van der Waals surface area (Å²) in [7, 11) is 0. The molecule has 110 valence electrons. The van der Waals surface area contributed by atoms with E-state index in [2.05, 4.69) is 0 Å². The lowest BCUT2D eigenvalue weighted by Crippen LogP contribution is -2.46. The van der Waals surface area contributed by atoms with Crippen molar-refractivity contribution in [3.63, 3.8) is 0 Å². The number of carboxylic acids is 1. The van der Waals surface area contributed by atoms with Crippen LogP contribution in [0.25, 0.3) is 0 Å². The lowest BCUT2D eigenvalue weighted by Gasteiger charge is -2.32. The Labute approximate surface area is 113 Å². The van der Waals surface area contributed by atoms with Crippen molar-refractivity contribution in [2.45, 2.75) is 45.3 Å². The predicted octanol–water partition coefficient (Wildman–Crippen LogP) is 0.894. The lowest BCUT2D eigenvalue weighted by molar-refractivity contribution is -0.147. The highest BCUT2D eigenvalue weighted by Gasteiger charge is 2.25. The summed E-state index contributed by atoms with van der Waals surface area (Å²) in [6.45, 7) is 5.81. The number of nitrogens with zero attached hydrogens (tertiary/aromatic N) is 1. The number of amides is 1.